The Morgan fingerprint density at radius 2 is 2.35 bits per heavy atom. The highest BCUT2D eigenvalue weighted by Crippen LogP contribution is 2.22. The number of piperidine rings is 1. The number of aromatic nitrogens is 1. The normalized spacial score (nSPS) is 21.5. The fourth-order valence-corrected chi connectivity index (χ4v) is 4.70. The molecule has 20 heavy (non-hydrogen) atoms. The predicted molar refractivity (Wildman–Crippen MR) is 78.6 cm³/mol. The maximum Gasteiger partial charge on any atom is 0.282 e. The van der Waals surface area contributed by atoms with Gasteiger partial charge in [-0.3, -0.25) is 0 Å². The molecule has 1 fully saturated rings. The summed E-state index contributed by atoms with van der Waals surface area (Å²) in [7, 11) is -1.87. The summed E-state index contributed by atoms with van der Waals surface area (Å²) in [5.41, 5.74) is 2.61. The summed E-state index contributed by atoms with van der Waals surface area (Å²) < 4.78 is 27.9. The lowest BCUT2D eigenvalue weighted by Crippen LogP contribution is -2.47. The fraction of sp³-hybridized carbons (Fsp3) is 0.750. The highest BCUT2D eigenvalue weighted by Gasteiger charge is 2.31. The first-order valence-electron chi connectivity index (χ1n) is 6.66. The Morgan fingerprint density at radius 3 is 2.95 bits per heavy atom. The molecule has 0 bridgehead atoms. The van der Waals surface area contributed by atoms with Gasteiger partial charge >= 0.3 is 0 Å². The van der Waals surface area contributed by atoms with Crippen molar-refractivity contribution in [3.63, 3.8) is 0 Å². The van der Waals surface area contributed by atoms with Gasteiger partial charge in [0.1, 0.15) is 0 Å². The van der Waals surface area contributed by atoms with Gasteiger partial charge < -0.3 is 5.11 Å². The molecular weight excluding hydrogens is 298 g/mol. The van der Waals surface area contributed by atoms with E-state index in [-0.39, 0.29) is 12.5 Å². The molecule has 6 nitrogen and oxygen atoms in total. The number of aryl methyl sites for hydroxylation is 1. The van der Waals surface area contributed by atoms with Gasteiger partial charge in [-0.1, -0.05) is 0 Å². The molecule has 8 heteroatoms. The van der Waals surface area contributed by atoms with E-state index >= 15 is 0 Å². The molecule has 0 radical (unpaired) electrons. The number of rotatable bonds is 5. The highest BCUT2D eigenvalue weighted by atomic mass is 32.2. The topological polar surface area (TPSA) is 73.7 Å². The molecule has 1 aromatic rings. The van der Waals surface area contributed by atoms with E-state index in [2.05, 4.69) is 4.98 Å². The molecule has 1 aliphatic heterocycles. The summed E-state index contributed by atoms with van der Waals surface area (Å²) in [6.45, 7) is 3.22. The van der Waals surface area contributed by atoms with E-state index in [1.807, 2.05) is 6.92 Å². The molecule has 1 aliphatic rings. The third-order valence-electron chi connectivity index (χ3n) is 3.67. The van der Waals surface area contributed by atoms with E-state index in [0.717, 1.165) is 23.4 Å². The third kappa shape index (κ3) is 3.37. The van der Waals surface area contributed by atoms with Crippen LogP contribution in [0.15, 0.2) is 5.51 Å². The Labute approximate surface area is 124 Å². The van der Waals surface area contributed by atoms with Crippen molar-refractivity contribution < 1.29 is 13.5 Å². The smallest absolute Gasteiger partial charge is 0.282 e. The van der Waals surface area contributed by atoms with Crippen molar-refractivity contribution in [2.75, 3.05) is 26.7 Å². The van der Waals surface area contributed by atoms with E-state index in [9.17, 15) is 13.5 Å². The number of nitrogens with zero attached hydrogens (tertiary/aromatic N) is 3. The van der Waals surface area contributed by atoms with Crippen molar-refractivity contribution in [1.29, 1.82) is 0 Å². The minimum absolute atomic E-state index is 0.0453. The molecule has 0 saturated carbocycles. The van der Waals surface area contributed by atoms with Gasteiger partial charge in [0.25, 0.3) is 10.2 Å². The third-order valence-corrected chi connectivity index (χ3v) is 6.49. The lowest BCUT2D eigenvalue weighted by atomic mass is 10.0. The van der Waals surface area contributed by atoms with Gasteiger partial charge in [0.2, 0.25) is 0 Å². The molecule has 2 rings (SSSR count). The van der Waals surface area contributed by atoms with Crippen LogP contribution < -0.4 is 0 Å². The van der Waals surface area contributed by atoms with Gasteiger partial charge in [-0.05, 0) is 25.7 Å². The van der Waals surface area contributed by atoms with E-state index in [1.54, 1.807) is 12.6 Å². The second-order valence-corrected chi connectivity index (χ2v) is 8.15. The van der Waals surface area contributed by atoms with Crippen LogP contribution in [0.4, 0.5) is 0 Å². The number of hydrogen-bond acceptors (Lipinski definition) is 5. The molecule has 1 saturated heterocycles. The summed E-state index contributed by atoms with van der Waals surface area (Å²) in [4.78, 5) is 5.10. The lowest BCUT2D eigenvalue weighted by molar-refractivity contribution is 0.161. The number of aliphatic hydroxyl groups is 1. The molecule has 0 aliphatic carbocycles. The highest BCUT2D eigenvalue weighted by molar-refractivity contribution is 7.86. The average Bonchev–Trinajstić information content (AvgIpc) is 2.84. The summed E-state index contributed by atoms with van der Waals surface area (Å²) in [6.07, 6.45) is 1.69. The molecule has 1 unspecified atom stereocenters. The van der Waals surface area contributed by atoms with Crippen LogP contribution in [0, 0.1) is 12.8 Å². The van der Waals surface area contributed by atoms with Crippen LogP contribution in [0.3, 0.4) is 0 Å². The molecule has 1 N–H and O–H groups in total. The molecule has 0 spiro atoms. The van der Waals surface area contributed by atoms with Crippen LogP contribution in [0.1, 0.15) is 23.4 Å². The Kier molecular flexibility index (Phi) is 5.14. The summed E-state index contributed by atoms with van der Waals surface area (Å²) in [6, 6.07) is 0. The first-order valence-corrected chi connectivity index (χ1v) is 8.94. The molecule has 2 heterocycles. The Balaban J connectivity index is 2.07. The zero-order valence-electron chi connectivity index (χ0n) is 11.8. The Bertz CT molecular complexity index is 544. The van der Waals surface area contributed by atoms with Crippen LogP contribution >= 0.6 is 11.3 Å². The van der Waals surface area contributed by atoms with Crippen LogP contribution in [0.25, 0.3) is 0 Å². The Hall–Kier alpha value is -0.540. The summed E-state index contributed by atoms with van der Waals surface area (Å²) >= 11 is 1.47. The van der Waals surface area contributed by atoms with Gasteiger partial charge in [-0.15, -0.1) is 11.3 Å². The number of aliphatic hydroxyl groups excluding tert-OH is 1. The standard InChI is InChI=1S/C12H21N3O3S2/c1-10-12(19-9-13-10)7-14(2)20(17,18)15-5-3-4-11(6-15)8-16/h9,11,16H,3-8H2,1-2H3. The average molecular weight is 319 g/mol. The monoisotopic (exact) mass is 319 g/mol. The van der Waals surface area contributed by atoms with Gasteiger partial charge in [-0.2, -0.15) is 17.0 Å². The molecule has 114 valence electrons. The van der Waals surface area contributed by atoms with Crippen LogP contribution in [0.2, 0.25) is 0 Å². The lowest BCUT2D eigenvalue weighted by Gasteiger charge is -2.33. The summed E-state index contributed by atoms with van der Waals surface area (Å²) in [5.74, 6) is 0.0528. The number of hydrogen-bond donors (Lipinski definition) is 1. The number of thiazole rings is 1. The van der Waals surface area contributed by atoms with Crippen molar-refractivity contribution in [3.05, 3.63) is 16.1 Å². The minimum atomic E-state index is -3.46. The van der Waals surface area contributed by atoms with Crippen molar-refractivity contribution in [1.82, 2.24) is 13.6 Å². The molecule has 0 amide bonds. The zero-order valence-corrected chi connectivity index (χ0v) is 13.5. The minimum Gasteiger partial charge on any atom is -0.396 e. The second-order valence-electron chi connectivity index (χ2n) is 5.17. The molecular formula is C12H21N3O3S2. The Morgan fingerprint density at radius 1 is 1.60 bits per heavy atom. The van der Waals surface area contributed by atoms with Crippen molar-refractivity contribution in [2.45, 2.75) is 26.3 Å². The van der Waals surface area contributed by atoms with E-state index in [4.69, 9.17) is 0 Å². The van der Waals surface area contributed by atoms with E-state index in [0.29, 0.717) is 19.6 Å². The van der Waals surface area contributed by atoms with Crippen molar-refractivity contribution in [3.8, 4) is 0 Å². The first kappa shape index (κ1) is 15.8. The zero-order chi connectivity index (χ0) is 14.8. The first-order chi connectivity index (χ1) is 9.45. The quantitative estimate of drug-likeness (QED) is 0.872. The van der Waals surface area contributed by atoms with Gasteiger partial charge in [0.05, 0.1) is 17.7 Å². The molecule has 0 aromatic carbocycles. The van der Waals surface area contributed by atoms with Crippen LogP contribution in [0.5, 0.6) is 0 Å². The van der Waals surface area contributed by atoms with Crippen molar-refractivity contribution >= 4 is 21.5 Å². The van der Waals surface area contributed by atoms with Crippen LogP contribution in [-0.2, 0) is 16.8 Å². The van der Waals surface area contributed by atoms with E-state index in [1.165, 1.54) is 19.9 Å². The fourth-order valence-electron chi connectivity index (χ4n) is 2.34. The summed E-state index contributed by atoms with van der Waals surface area (Å²) in [5, 5.41) is 9.22. The van der Waals surface area contributed by atoms with Gasteiger partial charge in [0, 0.05) is 31.6 Å². The molecule has 1 aromatic heterocycles. The van der Waals surface area contributed by atoms with Crippen LogP contribution in [-0.4, -0.2) is 53.9 Å². The largest absolute Gasteiger partial charge is 0.396 e. The maximum atomic E-state index is 12.5. The van der Waals surface area contributed by atoms with Gasteiger partial charge in [-0.25, -0.2) is 4.98 Å². The predicted octanol–water partition coefficient (Wildman–Crippen LogP) is 0.832. The molecule has 1 atom stereocenters. The SMILES string of the molecule is Cc1ncsc1CN(C)S(=O)(=O)N1CCCC(CO)C1. The van der Waals surface area contributed by atoms with Crippen molar-refractivity contribution in [2.24, 2.45) is 5.92 Å². The maximum absolute atomic E-state index is 12.5. The van der Waals surface area contributed by atoms with E-state index < -0.39 is 10.2 Å². The second kappa shape index (κ2) is 6.48. The van der Waals surface area contributed by atoms with Gasteiger partial charge in [0.15, 0.2) is 0 Å².